The van der Waals surface area contributed by atoms with E-state index in [0.29, 0.717) is 0 Å². The molecule has 22 heavy (non-hydrogen) atoms. The molecule has 0 aliphatic carbocycles. The molecule has 5 atom stereocenters. The largest absolute Gasteiger partial charge is 0.478 e. The van der Waals surface area contributed by atoms with Gasteiger partial charge < -0.3 is 36.2 Å². The van der Waals surface area contributed by atoms with Gasteiger partial charge in [-0.15, -0.1) is 0 Å². The summed E-state index contributed by atoms with van der Waals surface area (Å²) in [5.41, 5.74) is 5.26. The van der Waals surface area contributed by atoms with Crippen LogP contribution in [0.15, 0.2) is 16.8 Å². The van der Waals surface area contributed by atoms with E-state index in [1.807, 2.05) is 0 Å². The van der Waals surface area contributed by atoms with Crippen molar-refractivity contribution < 1.29 is 30.0 Å². The molecule has 0 aromatic heterocycles. The van der Waals surface area contributed by atoms with E-state index in [9.17, 15) is 15.0 Å². The fraction of sp³-hybridized carbons (Fsp3) is 0.583. The normalized spacial score (nSPS) is 27.6. The summed E-state index contributed by atoms with van der Waals surface area (Å²) in [5.74, 6) is -2.28. The number of hydrogen-bond donors (Lipinski definition) is 7. The van der Waals surface area contributed by atoms with E-state index in [1.165, 1.54) is 12.3 Å². The topological polar surface area (TPSA) is 181 Å². The van der Waals surface area contributed by atoms with Crippen LogP contribution in [0.3, 0.4) is 0 Å². The van der Waals surface area contributed by atoms with Crippen LogP contribution in [0.5, 0.6) is 0 Å². The smallest absolute Gasteiger partial charge is 0.370 e. The first kappa shape index (κ1) is 17.9. The molecule has 10 heteroatoms. The van der Waals surface area contributed by atoms with Crippen LogP contribution in [0.4, 0.5) is 0 Å². The van der Waals surface area contributed by atoms with Gasteiger partial charge in [-0.2, -0.15) is 0 Å². The summed E-state index contributed by atoms with van der Waals surface area (Å²) in [6.07, 6.45) is -1.78. The third kappa shape index (κ3) is 4.16. The number of guanidine groups is 1. The van der Waals surface area contributed by atoms with E-state index in [-0.39, 0.29) is 0 Å². The molecule has 8 N–H and O–H groups in total. The molecule has 0 radical (unpaired) electrons. The van der Waals surface area contributed by atoms with Crippen LogP contribution in [-0.4, -0.2) is 75.6 Å². The lowest BCUT2D eigenvalue weighted by atomic mass is 9.92. The second kappa shape index (κ2) is 7.73. The number of hydrogen-bond acceptors (Lipinski definition) is 7. The van der Waals surface area contributed by atoms with Crippen molar-refractivity contribution in [2.75, 3.05) is 6.61 Å². The van der Waals surface area contributed by atoms with Crippen LogP contribution in [0, 0.1) is 5.41 Å². The molecule has 0 fully saturated rings. The zero-order chi connectivity index (χ0) is 16.9. The number of nitrogens with one attached hydrogen (secondary N) is 2. The maximum atomic E-state index is 11.1. The van der Waals surface area contributed by atoms with Crippen molar-refractivity contribution >= 4 is 18.1 Å². The van der Waals surface area contributed by atoms with Crippen LogP contribution in [-0.2, 0) is 9.53 Å². The Labute approximate surface area is 126 Å². The van der Waals surface area contributed by atoms with Crippen molar-refractivity contribution in [2.24, 2.45) is 10.7 Å². The highest BCUT2D eigenvalue weighted by Gasteiger charge is 2.43. The molecular formula is C12H20N4O6. The molecule has 0 saturated heterocycles. The molecule has 0 bridgehead atoms. The van der Waals surface area contributed by atoms with E-state index >= 15 is 0 Å². The second-order valence-electron chi connectivity index (χ2n) is 4.64. The first-order chi connectivity index (χ1) is 10.3. The molecule has 1 aliphatic rings. The van der Waals surface area contributed by atoms with Crippen LogP contribution < -0.4 is 11.1 Å². The molecule has 124 valence electrons. The van der Waals surface area contributed by atoms with E-state index in [2.05, 4.69) is 10.3 Å². The van der Waals surface area contributed by atoms with Crippen LogP contribution in [0.1, 0.15) is 6.92 Å². The second-order valence-corrected chi connectivity index (χ2v) is 4.64. The van der Waals surface area contributed by atoms with Gasteiger partial charge in [0.05, 0.1) is 12.6 Å². The molecule has 1 rings (SSSR count). The molecule has 1 aliphatic heterocycles. The lowest BCUT2D eigenvalue weighted by Crippen LogP contribution is -2.57. The number of aliphatic imine (C=N–C) groups is 1. The van der Waals surface area contributed by atoms with Crippen molar-refractivity contribution in [3.05, 3.63) is 11.8 Å². The van der Waals surface area contributed by atoms with E-state index < -0.39 is 54.7 Å². The van der Waals surface area contributed by atoms with Crippen molar-refractivity contribution in [3.63, 3.8) is 0 Å². The Hall–Kier alpha value is -2.17. The summed E-state index contributed by atoms with van der Waals surface area (Å²) < 4.78 is 5.19. The summed E-state index contributed by atoms with van der Waals surface area (Å²) in [6, 6.07) is -1.69. The predicted molar refractivity (Wildman–Crippen MR) is 76.5 cm³/mol. The standard InChI is InChI=1S/C12H20N4O6/c1-2-15-8-5(16-12(13)14)3-7(11(20)21)22-10(8)9(19)6(18)4-17/h2-3,5-6,8-10,17-19H,4H2,1H3,(H,20,21)(H4,13,14,16)/b15-2+/t5-,6+,8+,9+,10+/m0/s1. The Balaban J connectivity index is 3.20. The van der Waals surface area contributed by atoms with Gasteiger partial charge in [0.15, 0.2) is 12.1 Å². The van der Waals surface area contributed by atoms with E-state index in [1.54, 1.807) is 6.92 Å². The number of aliphatic hydroxyl groups is 3. The summed E-state index contributed by atoms with van der Waals surface area (Å²) in [5, 5.41) is 47.4. The number of rotatable bonds is 6. The fourth-order valence-corrected chi connectivity index (χ4v) is 2.10. The average Bonchev–Trinajstić information content (AvgIpc) is 2.46. The van der Waals surface area contributed by atoms with Gasteiger partial charge in [-0.3, -0.25) is 10.4 Å². The van der Waals surface area contributed by atoms with Gasteiger partial charge in [0, 0.05) is 0 Å². The molecular weight excluding hydrogens is 296 g/mol. The Morgan fingerprint density at radius 3 is 2.73 bits per heavy atom. The Bertz CT molecular complexity index is 480. The highest BCUT2D eigenvalue weighted by molar-refractivity contribution is 5.85. The van der Waals surface area contributed by atoms with Crippen molar-refractivity contribution in [1.29, 1.82) is 5.41 Å². The summed E-state index contributed by atoms with van der Waals surface area (Å²) in [7, 11) is 0. The lowest BCUT2D eigenvalue weighted by molar-refractivity contribution is -0.144. The predicted octanol–water partition coefficient (Wildman–Crippen LogP) is -2.62. The van der Waals surface area contributed by atoms with Crippen LogP contribution >= 0.6 is 0 Å². The minimum absolute atomic E-state index is 0.417. The quantitative estimate of drug-likeness (QED) is 0.205. The molecule has 0 amide bonds. The third-order valence-corrected chi connectivity index (χ3v) is 3.07. The summed E-state index contributed by atoms with van der Waals surface area (Å²) >= 11 is 0. The third-order valence-electron chi connectivity index (χ3n) is 3.07. The SMILES string of the molecule is C/C=N/[C@H]1[C@H]([C@H](O)[C@H](O)CO)OC(C(=O)O)=C[C@@H]1NC(=N)N. The molecule has 0 aromatic carbocycles. The molecule has 1 heterocycles. The number of aliphatic carboxylic acids is 1. The highest BCUT2D eigenvalue weighted by Crippen LogP contribution is 2.25. The summed E-state index contributed by atoms with van der Waals surface area (Å²) in [4.78, 5) is 15.2. The van der Waals surface area contributed by atoms with E-state index in [0.717, 1.165) is 0 Å². The lowest BCUT2D eigenvalue weighted by Gasteiger charge is -2.37. The first-order valence-electron chi connectivity index (χ1n) is 6.48. The number of carboxylic acid groups (broad SMARTS) is 1. The fourth-order valence-electron chi connectivity index (χ4n) is 2.10. The minimum atomic E-state index is -1.59. The van der Waals surface area contributed by atoms with Gasteiger partial charge >= 0.3 is 5.97 Å². The monoisotopic (exact) mass is 316 g/mol. The maximum absolute atomic E-state index is 11.1. The van der Waals surface area contributed by atoms with Crippen molar-refractivity contribution in [2.45, 2.75) is 37.3 Å². The maximum Gasteiger partial charge on any atom is 0.370 e. The number of ether oxygens (including phenoxy) is 1. The molecule has 0 aromatic rings. The zero-order valence-electron chi connectivity index (χ0n) is 11.9. The first-order valence-corrected chi connectivity index (χ1v) is 6.48. The average molecular weight is 316 g/mol. The number of nitrogens with two attached hydrogens (primary N) is 1. The molecule has 0 unspecified atom stereocenters. The highest BCUT2D eigenvalue weighted by atomic mass is 16.5. The number of carboxylic acids is 1. The number of nitrogens with zero attached hydrogens (tertiary/aromatic N) is 1. The van der Waals surface area contributed by atoms with Crippen molar-refractivity contribution in [1.82, 2.24) is 5.32 Å². The van der Waals surface area contributed by atoms with Gasteiger partial charge in [0.25, 0.3) is 0 Å². The van der Waals surface area contributed by atoms with Gasteiger partial charge in [-0.1, -0.05) is 0 Å². The van der Waals surface area contributed by atoms with E-state index in [4.69, 9.17) is 26.1 Å². The van der Waals surface area contributed by atoms with Gasteiger partial charge in [-0.05, 0) is 19.2 Å². The summed E-state index contributed by atoms with van der Waals surface area (Å²) in [6.45, 7) is 0.869. The molecule has 0 saturated carbocycles. The van der Waals surface area contributed by atoms with Crippen LogP contribution in [0.25, 0.3) is 0 Å². The number of aliphatic hydroxyl groups excluding tert-OH is 3. The Kier molecular flexibility index (Phi) is 6.28. The van der Waals surface area contributed by atoms with Crippen molar-refractivity contribution in [3.8, 4) is 0 Å². The Morgan fingerprint density at radius 1 is 1.64 bits per heavy atom. The Morgan fingerprint density at radius 2 is 2.27 bits per heavy atom. The van der Waals surface area contributed by atoms with Gasteiger partial charge in [0.2, 0.25) is 5.76 Å². The van der Waals surface area contributed by atoms with Crippen LogP contribution in [0.2, 0.25) is 0 Å². The molecule has 10 nitrogen and oxygen atoms in total. The van der Waals surface area contributed by atoms with Gasteiger partial charge in [0.1, 0.15) is 18.2 Å². The minimum Gasteiger partial charge on any atom is -0.478 e. The number of carbonyl (C=O) groups is 1. The molecule has 0 spiro atoms. The zero-order valence-corrected chi connectivity index (χ0v) is 11.9. The van der Waals surface area contributed by atoms with Gasteiger partial charge in [-0.25, -0.2) is 4.79 Å².